The highest BCUT2D eigenvalue weighted by molar-refractivity contribution is 5.78. The van der Waals surface area contributed by atoms with Crippen LogP contribution in [-0.2, 0) is 0 Å². The number of hydrogen-bond donors (Lipinski definition) is 0. The predicted octanol–water partition coefficient (Wildman–Crippen LogP) is 2.26. The van der Waals surface area contributed by atoms with Gasteiger partial charge in [-0.15, -0.1) is 0 Å². The molecule has 1 aromatic rings. The molecule has 0 atom stereocenters. The fourth-order valence-electron chi connectivity index (χ4n) is 1.84. The van der Waals surface area contributed by atoms with Crippen molar-refractivity contribution in [1.29, 1.82) is 0 Å². The summed E-state index contributed by atoms with van der Waals surface area (Å²) >= 11 is 0. The fourth-order valence-corrected chi connectivity index (χ4v) is 1.84. The molecule has 0 radical (unpaired) electrons. The van der Waals surface area contributed by atoms with E-state index in [1.54, 1.807) is 13.8 Å². The van der Waals surface area contributed by atoms with Crippen LogP contribution in [0.3, 0.4) is 0 Å². The zero-order chi connectivity index (χ0) is 15.4. The van der Waals surface area contributed by atoms with Crippen molar-refractivity contribution in [2.75, 3.05) is 18.0 Å². The van der Waals surface area contributed by atoms with Gasteiger partial charge in [0.2, 0.25) is 0 Å². The van der Waals surface area contributed by atoms with Crippen LogP contribution in [-0.4, -0.2) is 27.9 Å². The Labute approximate surface area is 113 Å². The van der Waals surface area contributed by atoms with Gasteiger partial charge in [0.15, 0.2) is 5.69 Å². The highest BCUT2D eigenvalue weighted by atomic mass is 16.6. The van der Waals surface area contributed by atoms with Gasteiger partial charge >= 0.3 is 11.4 Å². The van der Waals surface area contributed by atoms with E-state index in [1.807, 2.05) is 0 Å². The quantitative estimate of drug-likeness (QED) is 0.577. The van der Waals surface area contributed by atoms with Gasteiger partial charge in [0.25, 0.3) is 5.69 Å². The molecule has 0 amide bonds. The largest absolute Gasteiger partial charge is 0.361 e. The van der Waals surface area contributed by atoms with E-state index in [1.165, 1.54) is 4.90 Å². The van der Waals surface area contributed by atoms with Crippen LogP contribution in [0.4, 0.5) is 22.7 Å². The van der Waals surface area contributed by atoms with Crippen LogP contribution in [0.1, 0.15) is 13.8 Å². The summed E-state index contributed by atoms with van der Waals surface area (Å²) in [5.74, 6) is 0. The number of nitro groups is 3. The van der Waals surface area contributed by atoms with Crippen LogP contribution in [0.5, 0.6) is 0 Å². The summed E-state index contributed by atoms with van der Waals surface area (Å²) in [5.41, 5.74) is -2.18. The molecule has 10 nitrogen and oxygen atoms in total. The molecule has 108 valence electrons. The molecule has 0 aliphatic heterocycles. The van der Waals surface area contributed by atoms with E-state index < -0.39 is 31.8 Å². The second-order valence-electron chi connectivity index (χ2n) is 3.78. The Morgan fingerprint density at radius 3 is 1.55 bits per heavy atom. The van der Waals surface area contributed by atoms with E-state index in [0.29, 0.717) is 13.1 Å². The first-order chi connectivity index (χ1) is 9.33. The van der Waals surface area contributed by atoms with Gasteiger partial charge in [0, 0.05) is 13.1 Å². The third kappa shape index (κ3) is 2.79. The molecule has 20 heavy (non-hydrogen) atoms. The Bertz CT molecular complexity index is 534. The minimum Gasteiger partial charge on any atom is -0.361 e. The molecular weight excluding hydrogens is 272 g/mol. The summed E-state index contributed by atoms with van der Waals surface area (Å²) in [7, 11) is 0. The van der Waals surface area contributed by atoms with Crippen molar-refractivity contribution < 1.29 is 14.8 Å². The molecule has 1 rings (SSSR count). The number of nitro benzene ring substituents is 3. The number of nitrogens with zero attached hydrogens (tertiary/aromatic N) is 4. The average molecular weight is 284 g/mol. The Hall–Kier alpha value is -2.78. The maximum atomic E-state index is 11.0. The second kappa shape index (κ2) is 5.91. The number of rotatable bonds is 6. The smallest absolute Gasteiger partial charge is 0.306 e. The van der Waals surface area contributed by atoms with E-state index in [-0.39, 0.29) is 5.69 Å². The monoisotopic (exact) mass is 284 g/mol. The topological polar surface area (TPSA) is 133 Å². The normalized spacial score (nSPS) is 10.1. The summed E-state index contributed by atoms with van der Waals surface area (Å²) in [5, 5.41) is 32.8. The molecule has 0 unspecified atom stereocenters. The molecule has 0 spiro atoms. The van der Waals surface area contributed by atoms with Crippen molar-refractivity contribution in [2.45, 2.75) is 13.8 Å². The van der Waals surface area contributed by atoms with Crippen molar-refractivity contribution in [2.24, 2.45) is 0 Å². The number of hydrogen-bond acceptors (Lipinski definition) is 7. The molecule has 0 fully saturated rings. The molecule has 0 aromatic heterocycles. The first-order valence-electron chi connectivity index (χ1n) is 5.69. The lowest BCUT2D eigenvalue weighted by molar-refractivity contribution is -0.402. The number of benzene rings is 1. The molecule has 0 bridgehead atoms. The van der Waals surface area contributed by atoms with Crippen LogP contribution in [0.25, 0.3) is 0 Å². The SMILES string of the molecule is CCN(CC)c1c([N+](=O)[O-])cc([N+](=O)[O-])cc1[N+](=O)[O-]. The highest BCUT2D eigenvalue weighted by Crippen LogP contribution is 2.40. The van der Waals surface area contributed by atoms with Gasteiger partial charge in [-0.2, -0.15) is 0 Å². The molecular formula is C10H12N4O6. The lowest BCUT2D eigenvalue weighted by atomic mass is 10.2. The summed E-state index contributed by atoms with van der Waals surface area (Å²) in [6.45, 7) is 3.96. The van der Waals surface area contributed by atoms with Crippen LogP contribution in [0, 0.1) is 30.3 Å². The summed E-state index contributed by atoms with van der Waals surface area (Å²) in [6.07, 6.45) is 0. The van der Waals surface area contributed by atoms with Gasteiger partial charge in [-0.1, -0.05) is 0 Å². The minimum absolute atomic E-state index is 0.212. The Morgan fingerprint density at radius 2 is 1.30 bits per heavy atom. The van der Waals surface area contributed by atoms with Gasteiger partial charge in [-0.3, -0.25) is 30.3 Å². The van der Waals surface area contributed by atoms with Crippen LogP contribution in [0.15, 0.2) is 12.1 Å². The van der Waals surface area contributed by atoms with Gasteiger partial charge in [-0.05, 0) is 13.8 Å². The maximum absolute atomic E-state index is 11.0. The second-order valence-corrected chi connectivity index (χ2v) is 3.78. The van der Waals surface area contributed by atoms with Crippen molar-refractivity contribution in [3.63, 3.8) is 0 Å². The first-order valence-corrected chi connectivity index (χ1v) is 5.69. The Balaban J connectivity index is 3.72. The van der Waals surface area contributed by atoms with Crippen molar-refractivity contribution in [3.8, 4) is 0 Å². The van der Waals surface area contributed by atoms with Gasteiger partial charge in [0.05, 0.1) is 26.9 Å². The van der Waals surface area contributed by atoms with E-state index in [4.69, 9.17) is 0 Å². The Kier molecular flexibility index (Phi) is 4.51. The molecule has 0 saturated heterocycles. The third-order valence-corrected chi connectivity index (χ3v) is 2.74. The molecule has 0 saturated carbocycles. The Morgan fingerprint density at radius 1 is 0.900 bits per heavy atom. The molecule has 10 heteroatoms. The van der Waals surface area contributed by atoms with Crippen LogP contribution in [0.2, 0.25) is 0 Å². The zero-order valence-electron chi connectivity index (χ0n) is 10.8. The van der Waals surface area contributed by atoms with E-state index >= 15 is 0 Å². The average Bonchev–Trinajstić information content (AvgIpc) is 2.39. The summed E-state index contributed by atoms with van der Waals surface area (Å²) < 4.78 is 0. The van der Waals surface area contributed by atoms with Crippen molar-refractivity contribution in [1.82, 2.24) is 0 Å². The summed E-state index contributed by atoms with van der Waals surface area (Å²) in [4.78, 5) is 31.6. The summed E-state index contributed by atoms with van der Waals surface area (Å²) in [6, 6.07) is 1.47. The molecule has 0 aliphatic rings. The van der Waals surface area contributed by atoms with Gasteiger partial charge in [-0.25, -0.2) is 0 Å². The van der Waals surface area contributed by atoms with E-state index in [2.05, 4.69) is 0 Å². The third-order valence-electron chi connectivity index (χ3n) is 2.74. The lowest BCUT2D eigenvalue weighted by Gasteiger charge is -2.20. The first kappa shape index (κ1) is 15.3. The van der Waals surface area contributed by atoms with Crippen molar-refractivity contribution in [3.05, 3.63) is 42.5 Å². The van der Waals surface area contributed by atoms with Crippen LogP contribution < -0.4 is 4.90 Å². The fraction of sp³-hybridized carbons (Fsp3) is 0.400. The molecule has 1 aromatic carbocycles. The van der Waals surface area contributed by atoms with Gasteiger partial charge < -0.3 is 4.90 Å². The minimum atomic E-state index is -0.897. The lowest BCUT2D eigenvalue weighted by Crippen LogP contribution is -2.24. The van der Waals surface area contributed by atoms with Crippen molar-refractivity contribution >= 4 is 22.7 Å². The molecule has 0 heterocycles. The highest BCUT2D eigenvalue weighted by Gasteiger charge is 2.33. The maximum Gasteiger partial charge on any atom is 0.306 e. The predicted molar refractivity (Wildman–Crippen MR) is 70.0 cm³/mol. The number of non-ortho nitro benzene ring substituents is 1. The van der Waals surface area contributed by atoms with Crippen LogP contribution >= 0.6 is 0 Å². The standard InChI is InChI=1S/C10H12N4O6/c1-3-11(4-2)10-8(13(17)18)5-7(12(15)16)6-9(10)14(19)20/h5-6H,3-4H2,1-2H3. The molecule has 0 N–H and O–H groups in total. The van der Waals surface area contributed by atoms with E-state index in [0.717, 1.165) is 12.1 Å². The van der Waals surface area contributed by atoms with E-state index in [9.17, 15) is 30.3 Å². The van der Waals surface area contributed by atoms with Gasteiger partial charge in [0.1, 0.15) is 0 Å². The number of anilines is 1. The molecule has 0 aliphatic carbocycles. The zero-order valence-corrected chi connectivity index (χ0v) is 10.8.